The topological polar surface area (TPSA) is 78.7 Å². The van der Waals surface area contributed by atoms with Crippen LogP contribution in [0.15, 0.2) is 24.3 Å². The molecule has 0 aliphatic carbocycles. The van der Waals surface area contributed by atoms with Crippen LogP contribution in [0.4, 0.5) is 0 Å². The van der Waals surface area contributed by atoms with Gasteiger partial charge in [-0.1, -0.05) is 18.2 Å². The van der Waals surface area contributed by atoms with Crippen LogP contribution < -0.4 is 11.3 Å². The van der Waals surface area contributed by atoms with Crippen LogP contribution in [-0.2, 0) is 11.3 Å². The first kappa shape index (κ1) is 15.5. The molecule has 0 aromatic heterocycles. The first-order chi connectivity index (χ1) is 10.1. The number of carbonyl (C=O) groups is 2. The van der Waals surface area contributed by atoms with Gasteiger partial charge in [0.15, 0.2) is 0 Å². The zero-order valence-electron chi connectivity index (χ0n) is 12.3. The zero-order chi connectivity index (χ0) is 15.2. The summed E-state index contributed by atoms with van der Waals surface area (Å²) >= 11 is 0. The SMILES string of the molecule is CC(=O)N1CCCN(Cc2ccccc2C(=O)NN)CC1. The monoisotopic (exact) mass is 290 g/mol. The highest BCUT2D eigenvalue weighted by Gasteiger charge is 2.18. The van der Waals surface area contributed by atoms with Crippen LogP contribution in [0.5, 0.6) is 0 Å². The van der Waals surface area contributed by atoms with E-state index in [2.05, 4.69) is 10.3 Å². The fourth-order valence-electron chi connectivity index (χ4n) is 2.64. The summed E-state index contributed by atoms with van der Waals surface area (Å²) in [4.78, 5) is 27.4. The lowest BCUT2D eigenvalue weighted by Gasteiger charge is -2.22. The van der Waals surface area contributed by atoms with E-state index < -0.39 is 0 Å². The Morgan fingerprint density at radius 2 is 1.95 bits per heavy atom. The van der Waals surface area contributed by atoms with Gasteiger partial charge in [-0.2, -0.15) is 0 Å². The molecule has 0 atom stereocenters. The van der Waals surface area contributed by atoms with E-state index in [1.807, 2.05) is 23.1 Å². The minimum Gasteiger partial charge on any atom is -0.342 e. The van der Waals surface area contributed by atoms with E-state index in [-0.39, 0.29) is 11.8 Å². The highest BCUT2D eigenvalue weighted by atomic mass is 16.2. The summed E-state index contributed by atoms with van der Waals surface area (Å²) in [6.45, 7) is 5.57. The molecule has 1 fully saturated rings. The maximum atomic E-state index is 11.8. The Labute approximate surface area is 124 Å². The van der Waals surface area contributed by atoms with Gasteiger partial charge in [0.05, 0.1) is 0 Å². The zero-order valence-corrected chi connectivity index (χ0v) is 12.3. The molecule has 0 radical (unpaired) electrons. The molecule has 6 heteroatoms. The number of amides is 2. The summed E-state index contributed by atoms with van der Waals surface area (Å²) in [6, 6.07) is 7.46. The summed E-state index contributed by atoms with van der Waals surface area (Å²) in [5, 5.41) is 0. The fraction of sp³-hybridized carbons (Fsp3) is 0.467. The number of nitrogen functional groups attached to an aromatic ring is 1. The number of benzene rings is 1. The van der Waals surface area contributed by atoms with E-state index in [0.29, 0.717) is 12.1 Å². The van der Waals surface area contributed by atoms with Gasteiger partial charge in [0.2, 0.25) is 5.91 Å². The van der Waals surface area contributed by atoms with Crippen molar-refractivity contribution >= 4 is 11.8 Å². The number of hydrogen-bond donors (Lipinski definition) is 2. The Hall–Kier alpha value is -1.92. The maximum absolute atomic E-state index is 11.8. The first-order valence-electron chi connectivity index (χ1n) is 7.18. The van der Waals surface area contributed by atoms with Crippen molar-refractivity contribution in [2.45, 2.75) is 19.9 Å². The Morgan fingerprint density at radius 3 is 2.67 bits per heavy atom. The van der Waals surface area contributed by atoms with Crippen molar-refractivity contribution in [2.24, 2.45) is 5.84 Å². The molecular weight excluding hydrogens is 268 g/mol. The molecule has 1 aromatic carbocycles. The summed E-state index contributed by atoms with van der Waals surface area (Å²) in [7, 11) is 0. The molecule has 2 rings (SSSR count). The molecule has 114 valence electrons. The number of nitrogens with zero attached hydrogens (tertiary/aromatic N) is 2. The molecule has 1 saturated heterocycles. The Bertz CT molecular complexity index is 518. The number of rotatable bonds is 3. The second-order valence-corrected chi connectivity index (χ2v) is 5.27. The second-order valence-electron chi connectivity index (χ2n) is 5.27. The minimum atomic E-state index is -0.272. The predicted octanol–water partition coefficient (Wildman–Crippen LogP) is 0.344. The van der Waals surface area contributed by atoms with Gasteiger partial charge in [0.25, 0.3) is 5.91 Å². The highest BCUT2D eigenvalue weighted by Crippen LogP contribution is 2.13. The van der Waals surface area contributed by atoms with E-state index in [9.17, 15) is 9.59 Å². The van der Waals surface area contributed by atoms with Crippen molar-refractivity contribution in [2.75, 3.05) is 26.2 Å². The summed E-state index contributed by atoms with van der Waals surface area (Å²) in [6.07, 6.45) is 0.949. The lowest BCUT2D eigenvalue weighted by molar-refractivity contribution is -0.128. The predicted molar refractivity (Wildman–Crippen MR) is 80.2 cm³/mol. The Kier molecular flexibility index (Phi) is 5.30. The standard InChI is InChI=1S/C15H22N4O2/c1-12(20)19-8-4-7-18(9-10-19)11-13-5-2-3-6-14(13)15(21)17-16/h2-3,5-6H,4,7-11,16H2,1H3,(H,17,21). The Balaban J connectivity index is 2.05. The Morgan fingerprint density at radius 1 is 1.19 bits per heavy atom. The number of hydrazine groups is 1. The highest BCUT2D eigenvalue weighted by molar-refractivity contribution is 5.95. The molecule has 1 aromatic rings. The molecule has 1 heterocycles. The van der Waals surface area contributed by atoms with Crippen molar-refractivity contribution in [3.05, 3.63) is 35.4 Å². The normalized spacial score (nSPS) is 16.4. The molecule has 6 nitrogen and oxygen atoms in total. The third-order valence-electron chi connectivity index (χ3n) is 3.82. The first-order valence-corrected chi connectivity index (χ1v) is 7.18. The molecular formula is C15H22N4O2. The molecule has 2 amide bonds. The van der Waals surface area contributed by atoms with E-state index in [1.54, 1.807) is 13.0 Å². The summed E-state index contributed by atoms with van der Waals surface area (Å²) < 4.78 is 0. The van der Waals surface area contributed by atoms with Crippen LogP contribution in [-0.4, -0.2) is 47.8 Å². The van der Waals surface area contributed by atoms with Crippen LogP contribution in [0.25, 0.3) is 0 Å². The molecule has 0 saturated carbocycles. The smallest absolute Gasteiger partial charge is 0.265 e. The van der Waals surface area contributed by atoms with Crippen LogP contribution in [0.3, 0.4) is 0 Å². The summed E-state index contributed by atoms with van der Waals surface area (Å²) in [5.41, 5.74) is 3.74. The van der Waals surface area contributed by atoms with Crippen molar-refractivity contribution in [1.82, 2.24) is 15.2 Å². The van der Waals surface area contributed by atoms with Crippen LogP contribution in [0.2, 0.25) is 0 Å². The minimum absolute atomic E-state index is 0.125. The largest absolute Gasteiger partial charge is 0.342 e. The average molecular weight is 290 g/mol. The number of nitrogens with one attached hydrogen (secondary N) is 1. The molecule has 0 spiro atoms. The molecule has 21 heavy (non-hydrogen) atoms. The van der Waals surface area contributed by atoms with E-state index >= 15 is 0 Å². The van der Waals surface area contributed by atoms with Crippen molar-refractivity contribution < 1.29 is 9.59 Å². The molecule has 3 N–H and O–H groups in total. The second kappa shape index (κ2) is 7.19. The van der Waals surface area contributed by atoms with Crippen molar-refractivity contribution in [3.63, 3.8) is 0 Å². The third-order valence-corrected chi connectivity index (χ3v) is 3.82. The lowest BCUT2D eigenvalue weighted by Crippen LogP contribution is -2.34. The molecule has 0 unspecified atom stereocenters. The van der Waals surface area contributed by atoms with Crippen LogP contribution >= 0.6 is 0 Å². The van der Waals surface area contributed by atoms with E-state index in [0.717, 1.165) is 38.2 Å². The molecule has 1 aliphatic heterocycles. The quantitative estimate of drug-likeness (QED) is 0.478. The van der Waals surface area contributed by atoms with Gasteiger partial charge in [-0.25, -0.2) is 5.84 Å². The van der Waals surface area contributed by atoms with Crippen molar-refractivity contribution in [1.29, 1.82) is 0 Å². The van der Waals surface area contributed by atoms with Gasteiger partial charge >= 0.3 is 0 Å². The number of carbonyl (C=O) groups excluding carboxylic acids is 2. The van der Waals surface area contributed by atoms with E-state index in [4.69, 9.17) is 5.84 Å². The lowest BCUT2D eigenvalue weighted by atomic mass is 10.1. The van der Waals surface area contributed by atoms with Crippen LogP contribution in [0, 0.1) is 0 Å². The summed E-state index contributed by atoms with van der Waals surface area (Å²) in [5.74, 6) is 5.08. The van der Waals surface area contributed by atoms with Crippen molar-refractivity contribution in [3.8, 4) is 0 Å². The van der Waals surface area contributed by atoms with Gasteiger partial charge in [-0.05, 0) is 18.1 Å². The average Bonchev–Trinajstić information content (AvgIpc) is 2.73. The van der Waals surface area contributed by atoms with Crippen LogP contribution in [0.1, 0.15) is 29.3 Å². The van der Waals surface area contributed by atoms with Gasteiger partial charge in [0.1, 0.15) is 0 Å². The third kappa shape index (κ3) is 4.03. The molecule has 1 aliphatic rings. The number of nitrogens with two attached hydrogens (primary N) is 1. The van der Waals surface area contributed by atoms with Gasteiger partial charge in [-0.15, -0.1) is 0 Å². The number of hydrogen-bond acceptors (Lipinski definition) is 4. The maximum Gasteiger partial charge on any atom is 0.265 e. The van der Waals surface area contributed by atoms with Gasteiger partial charge in [-0.3, -0.25) is 19.9 Å². The van der Waals surface area contributed by atoms with E-state index in [1.165, 1.54) is 0 Å². The fourth-order valence-corrected chi connectivity index (χ4v) is 2.64. The van der Waals surface area contributed by atoms with Gasteiger partial charge < -0.3 is 4.90 Å². The van der Waals surface area contributed by atoms with Gasteiger partial charge in [0, 0.05) is 45.2 Å². The molecule has 0 bridgehead atoms.